The van der Waals surface area contributed by atoms with Crippen molar-refractivity contribution in [1.29, 1.82) is 0 Å². The number of nitrogens with one attached hydrogen (secondary N) is 1. The summed E-state index contributed by atoms with van der Waals surface area (Å²) in [6.07, 6.45) is 1.05. The zero-order valence-corrected chi connectivity index (χ0v) is 10.2. The maximum absolute atomic E-state index is 11.9. The molecule has 1 aromatic carbocycles. The highest BCUT2D eigenvalue weighted by Gasteiger charge is 2.11. The Balaban J connectivity index is 2.73. The molecule has 0 saturated carbocycles. The lowest BCUT2D eigenvalue weighted by molar-refractivity contribution is -0.0498. The second-order valence-corrected chi connectivity index (χ2v) is 5.34. The molecule has 0 radical (unpaired) electrons. The van der Waals surface area contributed by atoms with Crippen LogP contribution in [0.5, 0.6) is 5.75 Å². The molecule has 1 N–H and O–H groups in total. The zero-order valence-electron chi connectivity index (χ0n) is 9.35. The van der Waals surface area contributed by atoms with Gasteiger partial charge in [0, 0.05) is 6.04 Å². The number of halogens is 2. The molecule has 7 heteroatoms. The van der Waals surface area contributed by atoms with Gasteiger partial charge in [0.2, 0.25) is 10.0 Å². The van der Waals surface area contributed by atoms with E-state index in [1.54, 1.807) is 6.92 Å². The number of ether oxygens (including phenoxy) is 1. The number of rotatable bonds is 5. The molecule has 0 aliphatic carbocycles. The molecule has 0 amide bonds. The van der Waals surface area contributed by atoms with Crippen LogP contribution in [0.25, 0.3) is 0 Å². The summed E-state index contributed by atoms with van der Waals surface area (Å²) in [5.74, 6) is 0.0373. The molecule has 0 aliphatic rings. The monoisotopic (exact) mass is 265 g/mol. The molecule has 4 nitrogen and oxygen atoms in total. The Morgan fingerprint density at radius 3 is 2.18 bits per heavy atom. The smallest absolute Gasteiger partial charge is 0.387 e. The van der Waals surface area contributed by atoms with Gasteiger partial charge in [-0.05, 0) is 24.6 Å². The second-order valence-electron chi connectivity index (χ2n) is 3.56. The minimum Gasteiger partial charge on any atom is -0.435 e. The van der Waals surface area contributed by atoms with Crippen molar-refractivity contribution < 1.29 is 21.9 Å². The fraction of sp³-hybridized carbons (Fsp3) is 0.400. The van der Waals surface area contributed by atoms with Crippen LogP contribution in [0.3, 0.4) is 0 Å². The molecular weight excluding hydrogens is 252 g/mol. The lowest BCUT2D eigenvalue weighted by atomic mass is 10.1. The molecule has 17 heavy (non-hydrogen) atoms. The Bertz CT molecular complexity index is 459. The highest BCUT2D eigenvalue weighted by molar-refractivity contribution is 7.88. The predicted octanol–water partition coefficient (Wildman–Crippen LogP) is 1.90. The summed E-state index contributed by atoms with van der Waals surface area (Å²) in [6, 6.07) is 5.36. The number of benzene rings is 1. The molecule has 1 rings (SSSR count). The van der Waals surface area contributed by atoms with Crippen molar-refractivity contribution in [1.82, 2.24) is 4.72 Å². The van der Waals surface area contributed by atoms with E-state index in [-0.39, 0.29) is 5.75 Å². The van der Waals surface area contributed by atoms with Gasteiger partial charge >= 0.3 is 6.61 Å². The van der Waals surface area contributed by atoms with Crippen LogP contribution in [0.4, 0.5) is 8.78 Å². The molecule has 1 atom stereocenters. The summed E-state index contributed by atoms with van der Waals surface area (Å²) in [6.45, 7) is -1.21. The first-order valence-electron chi connectivity index (χ1n) is 4.80. The van der Waals surface area contributed by atoms with Crippen LogP contribution in [0.1, 0.15) is 18.5 Å². The van der Waals surface area contributed by atoms with Gasteiger partial charge in [-0.3, -0.25) is 0 Å². The van der Waals surface area contributed by atoms with Gasteiger partial charge in [0.25, 0.3) is 0 Å². The van der Waals surface area contributed by atoms with Gasteiger partial charge in [-0.2, -0.15) is 8.78 Å². The molecule has 0 unspecified atom stereocenters. The Kier molecular flexibility index (Phi) is 4.41. The van der Waals surface area contributed by atoms with Crippen LogP contribution in [0.15, 0.2) is 24.3 Å². The Morgan fingerprint density at radius 1 is 1.24 bits per heavy atom. The van der Waals surface area contributed by atoms with Crippen LogP contribution in [0, 0.1) is 0 Å². The summed E-state index contributed by atoms with van der Waals surface area (Å²) in [7, 11) is -3.30. The van der Waals surface area contributed by atoms with Gasteiger partial charge < -0.3 is 4.74 Å². The Hall–Kier alpha value is -1.21. The van der Waals surface area contributed by atoms with Crippen molar-refractivity contribution >= 4 is 10.0 Å². The van der Waals surface area contributed by atoms with E-state index in [4.69, 9.17) is 0 Å². The Labute approximate surface area is 98.6 Å². The third-order valence-electron chi connectivity index (χ3n) is 2.00. The fourth-order valence-corrected chi connectivity index (χ4v) is 2.11. The molecule has 0 aromatic heterocycles. The number of hydrogen-bond acceptors (Lipinski definition) is 3. The number of alkyl halides is 2. The minimum absolute atomic E-state index is 0.0373. The zero-order chi connectivity index (χ0) is 13.1. The van der Waals surface area contributed by atoms with Crippen molar-refractivity contribution in [3.8, 4) is 5.75 Å². The van der Waals surface area contributed by atoms with Crippen LogP contribution >= 0.6 is 0 Å². The molecule has 0 heterocycles. The first-order valence-corrected chi connectivity index (χ1v) is 6.69. The average molecular weight is 265 g/mol. The third kappa shape index (κ3) is 5.10. The van der Waals surface area contributed by atoms with Crippen molar-refractivity contribution in [2.24, 2.45) is 0 Å². The molecule has 0 aliphatic heterocycles. The quantitative estimate of drug-likeness (QED) is 0.884. The van der Waals surface area contributed by atoms with Crippen molar-refractivity contribution in [2.75, 3.05) is 6.26 Å². The standard InChI is InChI=1S/C10H13F2NO3S/c1-7(13-17(2,14)15)8-3-5-9(6-4-8)16-10(11)12/h3-7,10,13H,1-2H3/t7-/m0/s1. The lowest BCUT2D eigenvalue weighted by Crippen LogP contribution is -2.25. The molecule has 0 fully saturated rings. The summed E-state index contributed by atoms with van der Waals surface area (Å²) in [4.78, 5) is 0. The predicted molar refractivity (Wildman–Crippen MR) is 59.5 cm³/mol. The molecule has 1 aromatic rings. The molecule has 96 valence electrons. The van der Waals surface area contributed by atoms with Crippen LogP contribution in [0.2, 0.25) is 0 Å². The SMILES string of the molecule is C[C@H](NS(C)(=O)=O)c1ccc(OC(F)F)cc1. The van der Waals surface area contributed by atoms with Crippen LogP contribution in [-0.4, -0.2) is 21.3 Å². The van der Waals surface area contributed by atoms with E-state index in [0.717, 1.165) is 6.26 Å². The normalized spacial score (nSPS) is 13.7. The van der Waals surface area contributed by atoms with E-state index in [0.29, 0.717) is 5.56 Å². The third-order valence-corrected chi connectivity index (χ3v) is 2.78. The molecule has 0 saturated heterocycles. The van der Waals surface area contributed by atoms with E-state index < -0.39 is 22.7 Å². The van der Waals surface area contributed by atoms with Gasteiger partial charge in [0.05, 0.1) is 6.26 Å². The van der Waals surface area contributed by atoms with E-state index >= 15 is 0 Å². The van der Waals surface area contributed by atoms with Crippen molar-refractivity contribution in [2.45, 2.75) is 19.6 Å². The van der Waals surface area contributed by atoms with Gasteiger partial charge in [-0.15, -0.1) is 0 Å². The highest BCUT2D eigenvalue weighted by Crippen LogP contribution is 2.19. The van der Waals surface area contributed by atoms with Crippen LogP contribution in [-0.2, 0) is 10.0 Å². The average Bonchev–Trinajstić information content (AvgIpc) is 2.15. The topological polar surface area (TPSA) is 55.4 Å². The maximum atomic E-state index is 11.9. The van der Waals surface area contributed by atoms with Gasteiger partial charge in [0.15, 0.2) is 0 Å². The molecular formula is C10H13F2NO3S. The van der Waals surface area contributed by atoms with Crippen LogP contribution < -0.4 is 9.46 Å². The maximum Gasteiger partial charge on any atom is 0.387 e. The first kappa shape index (κ1) is 13.9. The first-order chi connectivity index (χ1) is 7.78. The summed E-state index contributed by atoms with van der Waals surface area (Å²) < 4.78 is 52.3. The van der Waals surface area contributed by atoms with Crippen molar-refractivity contribution in [3.05, 3.63) is 29.8 Å². The van der Waals surface area contributed by atoms with E-state index in [2.05, 4.69) is 9.46 Å². The van der Waals surface area contributed by atoms with E-state index in [1.165, 1.54) is 24.3 Å². The van der Waals surface area contributed by atoms with Gasteiger partial charge in [0.1, 0.15) is 5.75 Å². The second kappa shape index (κ2) is 5.42. The van der Waals surface area contributed by atoms with Gasteiger partial charge in [-0.1, -0.05) is 12.1 Å². The summed E-state index contributed by atoms with van der Waals surface area (Å²) in [5.41, 5.74) is 0.664. The number of sulfonamides is 1. The largest absolute Gasteiger partial charge is 0.435 e. The minimum atomic E-state index is -3.30. The number of hydrogen-bond donors (Lipinski definition) is 1. The fourth-order valence-electron chi connectivity index (χ4n) is 1.33. The highest BCUT2D eigenvalue weighted by atomic mass is 32.2. The molecule has 0 bridgehead atoms. The van der Waals surface area contributed by atoms with E-state index in [1.807, 2.05) is 0 Å². The summed E-state index contributed by atoms with van der Waals surface area (Å²) >= 11 is 0. The molecule has 0 spiro atoms. The Morgan fingerprint density at radius 2 is 1.76 bits per heavy atom. The lowest BCUT2D eigenvalue weighted by Gasteiger charge is -2.13. The van der Waals surface area contributed by atoms with E-state index in [9.17, 15) is 17.2 Å². The van der Waals surface area contributed by atoms with Crippen molar-refractivity contribution in [3.63, 3.8) is 0 Å². The summed E-state index contributed by atoms with van der Waals surface area (Å²) in [5, 5.41) is 0. The van der Waals surface area contributed by atoms with Gasteiger partial charge in [-0.25, -0.2) is 13.1 Å².